The molecule has 0 N–H and O–H groups in total. The normalized spacial score (nSPS) is 11.1. The van der Waals surface area contributed by atoms with Crippen LogP contribution in [0.5, 0.6) is 0 Å². The number of furan rings is 1. The summed E-state index contributed by atoms with van der Waals surface area (Å²) in [5, 5.41) is 1.82. The third kappa shape index (κ3) is 4.17. The van der Waals surface area contributed by atoms with E-state index in [1.54, 1.807) is 24.4 Å². The summed E-state index contributed by atoms with van der Waals surface area (Å²) in [5.41, 5.74) is 0.316. The highest BCUT2D eigenvalue weighted by Gasteiger charge is 2.21. The molecule has 0 aliphatic rings. The Hall–Kier alpha value is -3.13. The second kappa shape index (κ2) is 7.63. The van der Waals surface area contributed by atoms with Gasteiger partial charge in [-0.3, -0.25) is 14.5 Å². The summed E-state index contributed by atoms with van der Waals surface area (Å²) in [6.07, 6.45) is 2.77. The number of ketones is 1. The Morgan fingerprint density at radius 1 is 1.22 bits per heavy atom. The van der Waals surface area contributed by atoms with Crippen molar-refractivity contribution < 1.29 is 22.8 Å². The van der Waals surface area contributed by atoms with Crippen LogP contribution in [-0.4, -0.2) is 16.7 Å². The van der Waals surface area contributed by atoms with E-state index in [9.17, 15) is 18.4 Å². The minimum absolute atomic E-state index is 0.101. The fourth-order valence-electron chi connectivity index (χ4n) is 2.34. The molecule has 3 rings (SSSR count). The van der Waals surface area contributed by atoms with Crippen LogP contribution in [0.1, 0.15) is 28.9 Å². The highest BCUT2D eigenvalue weighted by molar-refractivity contribution is 7.14. The Balaban J connectivity index is 1.85. The molecule has 0 unspecified atom stereocenters. The minimum Gasteiger partial charge on any atom is -0.458 e. The number of thiazole rings is 1. The molecular weight excluding hydrogens is 374 g/mol. The SMILES string of the molecule is CC(=O)N(c1nc(/C=C/C(=O)c2ccc(C)o2)cs1)c1ccc(F)cc1F. The van der Waals surface area contributed by atoms with Gasteiger partial charge in [0.05, 0.1) is 11.4 Å². The highest BCUT2D eigenvalue weighted by atomic mass is 32.1. The van der Waals surface area contributed by atoms with Crippen molar-refractivity contribution >= 4 is 39.9 Å². The predicted octanol–water partition coefficient (Wildman–Crippen LogP) is 4.90. The van der Waals surface area contributed by atoms with Crippen molar-refractivity contribution in [2.24, 2.45) is 0 Å². The first kappa shape index (κ1) is 18.7. The Morgan fingerprint density at radius 2 is 2.00 bits per heavy atom. The van der Waals surface area contributed by atoms with Crippen molar-refractivity contribution in [3.8, 4) is 0 Å². The molecule has 5 nitrogen and oxygen atoms in total. The van der Waals surface area contributed by atoms with Gasteiger partial charge < -0.3 is 4.42 Å². The highest BCUT2D eigenvalue weighted by Crippen LogP contribution is 2.31. The standard InChI is InChI=1S/C19H14F2N2O3S/c1-11-3-8-18(26-11)17(25)7-5-14-10-27-19(22-14)23(12(2)24)16-6-4-13(20)9-15(16)21/h3-10H,1-2H3/b7-5+. The van der Waals surface area contributed by atoms with Crippen molar-refractivity contribution in [2.75, 3.05) is 4.90 Å². The first-order valence-electron chi connectivity index (χ1n) is 7.85. The number of halogens is 2. The summed E-state index contributed by atoms with van der Waals surface area (Å²) in [7, 11) is 0. The zero-order valence-corrected chi connectivity index (χ0v) is 15.2. The molecule has 0 saturated heterocycles. The monoisotopic (exact) mass is 388 g/mol. The van der Waals surface area contributed by atoms with Gasteiger partial charge in [0.15, 0.2) is 10.9 Å². The summed E-state index contributed by atoms with van der Waals surface area (Å²) in [4.78, 5) is 29.3. The topological polar surface area (TPSA) is 63.4 Å². The van der Waals surface area contributed by atoms with E-state index >= 15 is 0 Å². The lowest BCUT2D eigenvalue weighted by atomic mass is 10.2. The lowest BCUT2D eigenvalue weighted by molar-refractivity contribution is -0.115. The minimum atomic E-state index is -0.874. The fraction of sp³-hybridized carbons (Fsp3) is 0.105. The second-order valence-electron chi connectivity index (χ2n) is 5.61. The fourth-order valence-corrected chi connectivity index (χ4v) is 3.18. The van der Waals surface area contributed by atoms with Gasteiger partial charge in [-0.05, 0) is 43.3 Å². The third-order valence-corrected chi connectivity index (χ3v) is 4.40. The predicted molar refractivity (Wildman–Crippen MR) is 98.1 cm³/mol. The van der Waals surface area contributed by atoms with Crippen molar-refractivity contribution in [1.29, 1.82) is 0 Å². The molecule has 0 atom stereocenters. The molecule has 8 heteroatoms. The quantitative estimate of drug-likeness (QED) is 0.461. The number of allylic oxidation sites excluding steroid dienone is 1. The van der Waals surface area contributed by atoms with E-state index in [0.717, 1.165) is 22.3 Å². The van der Waals surface area contributed by atoms with E-state index in [1.807, 2.05) is 0 Å². The van der Waals surface area contributed by atoms with Crippen LogP contribution in [-0.2, 0) is 4.79 Å². The number of hydrogen-bond donors (Lipinski definition) is 0. The maximum atomic E-state index is 14.1. The van der Waals surface area contributed by atoms with E-state index in [4.69, 9.17) is 4.42 Å². The molecule has 2 aromatic heterocycles. The Bertz CT molecular complexity index is 1040. The van der Waals surface area contributed by atoms with Gasteiger partial charge in [0.2, 0.25) is 11.7 Å². The van der Waals surface area contributed by atoms with Crippen LogP contribution in [0.3, 0.4) is 0 Å². The van der Waals surface area contributed by atoms with E-state index in [0.29, 0.717) is 17.5 Å². The van der Waals surface area contributed by atoms with Crippen LogP contribution < -0.4 is 4.90 Å². The third-order valence-electron chi connectivity index (χ3n) is 3.56. The first-order valence-corrected chi connectivity index (χ1v) is 8.73. The molecule has 0 aliphatic heterocycles. The molecule has 2 heterocycles. The number of benzene rings is 1. The van der Waals surface area contributed by atoms with Gasteiger partial charge in [0.1, 0.15) is 17.4 Å². The smallest absolute Gasteiger partial charge is 0.230 e. The van der Waals surface area contributed by atoms with Crippen LogP contribution in [0.2, 0.25) is 0 Å². The molecule has 138 valence electrons. The second-order valence-corrected chi connectivity index (χ2v) is 6.45. The van der Waals surface area contributed by atoms with Gasteiger partial charge in [-0.2, -0.15) is 0 Å². The molecule has 0 radical (unpaired) electrons. The van der Waals surface area contributed by atoms with Gasteiger partial charge in [-0.1, -0.05) is 0 Å². The van der Waals surface area contributed by atoms with Crippen LogP contribution >= 0.6 is 11.3 Å². The Kier molecular flexibility index (Phi) is 5.27. The molecule has 0 aliphatic carbocycles. The lowest BCUT2D eigenvalue weighted by Gasteiger charge is -2.18. The number of carbonyl (C=O) groups is 2. The van der Waals surface area contributed by atoms with Crippen molar-refractivity contribution in [3.05, 3.63) is 70.6 Å². The van der Waals surface area contributed by atoms with Gasteiger partial charge in [0, 0.05) is 18.4 Å². The average molecular weight is 388 g/mol. The Labute approximate surface area is 157 Å². The molecule has 1 aromatic carbocycles. The molecular formula is C19H14F2N2O3S. The summed E-state index contributed by atoms with van der Waals surface area (Å²) >= 11 is 1.09. The first-order chi connectivity index (χ1) is 12.8. The van der Waals surface area contributed by atoms with Crippen LogP contribution in [0, 0.1) is 18.6 Å². The molecule has 27 heavy (non-hydrogen) atoms. The number of amides is 1. The van der Waals surface area contributed by atoms with Crippen molar-refractivity contribution in [2.45, 2.75) is 13.8 Å². The summed E-state index contributed by atoms with van der Waals surface area (Å²) in [6, 6.07) is 6.19. The van der Waals surface area contributed by atoms with Gasteiger partial charge >= 0.3 is 0 Å². The van der Waals surface area contributed by atoms with Crippen LogP contribution in [0.4, 0.5) is 19.6 Å². The average Bonchev–Trinajstić information content (AvgIpc) is 3.24. The van der Waals surface area contributed by atoms with E-state index in [-0.39, 0.29) is 22.4 Å². The number of nitrogens with zero attached hydrogens (tertiary/aromatic N) is 2. The zero-order valence-electron chi connectivity index (χ0n) is 14.4. The lowest BCUT2D eigenvalue weighted by Crippen LogP contribution is -2.23. The molecule has 0 spiro atoms. The van der Waals surface area contributed by atoms with Gasteiger partial charge in [0.25, 0.3) is 0 Å². The van der Waals surface area contributed by atoms with Crippen LogP contribution in [0.15, 0.2) is 46.2 Å². The maximum absolute atomic E-state index is 14.1. The van der Waals surface area contributed by atoms with Crippen molar-refractivity contribution in [1.82, 2.24) is 4.98 Å². The number of aromatic nitrogens is 1. The summed E-state index contributed by atoms with van der Waals surface area (Å²) in [6.45, 7) is 2.99. The number of rotatable bonds is 5. The van der Waals surface area contributed by atoms with E-state index in [1.165, 1.54) is 25.1 Å². The molecule has 3 aromatic rings. The van der Waals surface area contributed by atoms with E-state index in [2.05, 4.69) is 4.98 Å². The van der Waals surface area contributed by atoms with Crippen molar-refractivity contribution in [3.63, 3.8) is 0 Å². The summed E-state index contributed by atoms with van der Waals surface area (Å²) in [5.74, 6) is -1.59. The molecule has 0 saturated carbocycles. The van der Waals surface area contributed by atoms with Gasteiger partial charge in [-0.25, -0.2) is 13.8 Å². The largest absolute Gasteiger partial charge is 0.458 e. The molecule has 0 bridgehead atoms. The Morgan fingerprint density at radius 3 is 2.63 bits per heavy atom. The van der Waals surface area contributed by atoms with Crippen LogP contribution in [0.25, 0.3) is 6.08 Å². The van der Waals surface area contributed by atoms with E-state index < -0.39 is 17.5 Å². The zero-order chi connectivity index (χ0) is 19.6. The number of aryl methyl sites for hydroxylation is 1. The molecule has 0 fully saturated rings. The van der Waals surface area contributed by atoms with Gasteiger partial charge in [-0.15, -0.1) is 11.3 Å². The molecule has 1 amide bonds. The number of anilines is 2. The number of carbonyl (C=O) groups excluding carboxylic acids is 2. The maximum Gasteiger partial charge on any atom is 0.230 e. The summed E-state index contributed by atoms with van der Waals surface area (Å²) < 4.78 is 32.4. The number of hydrogen-bond acceptors (Lipinski definition) is 5.